The Balaban J connectivity index is 2.73. The summed E-state index contributed by atoms with van der Waals surface area (Å²) in [6.07, 6.45) is 1.65. The van der Waals surface area contributed by atoms with Crippen molar-refractivity contribution in [1.29, 1.82) is 0 Å². The van der Waals surface area contributed by atoms with Gasteiger partial charge in [0.1, 0.15) is 11.7 Å². The van der Waals surface area contributed by atoms with E-state index in [1.165, 1.54) is 4.90 Å². The molecule has 1 heterocycles. The highest BCUT2D eigenvalue weighted by Gasteiger charge is 2.19. The first-order valence-corrected chi connectivity index (χ1v) is 5.26. The molecule has 2 amide bonds. The van der Waals surface area contributed by atoms with E-state index in [9.17, 15) is 9.59 Å². The van der Waals surface area contributed by atoms with Gasteiger partial charge >= 0.3 is 0 Å². The van der Waals surface area contributed by atoms with Gasteiger partial charge in [-0.1, -0.05) is 0 Å². The third-order valence-electron chi connectivity index (χ3n) is 2.42. The zero-order chi connectivity index (χ0) is 13.2. The van der Waals surface area contributed by atoms with Gasteiger partial charge in [0.25, 0.3) is 5.91 Å². The molecule has 94 valence electrons. The third-order valence-corrected chi connectivity index (χ3v) is 2.42. The van der Waals surface area contributed by atoms with E-state index in [1.54, 1.807) is 44.9 Å². The molecule has 3 N–H and O–H groups in total. The highest BCUT2D eigenvalue weighted by Crippen LogP contribution is 2.08. The number of nitrogens with two attached hydrogens (primary N) is 1. The second-order valence-electron chi connectivity index (χ2n) is 4.20. The molecular formula is C11H18N4O2. The Labute approximate surface area is 100 Å². The van der Waals surface area contributed by atoms with Crippen LogP contribution in [0.15, 0.2) is 12.3 Å². The Hall–Kier alpha value is -1.98. The van der Waals surface area contributed by atoms with E-state index in [-0.39, 0.29) is 11.8 Å². The molecule has 0 radical (unpaired) electrons. The summed E-state index contributed by atoms with van der Waals surface area (Å²) < 4.78 is 1.62. The number of likely N-dealkylation sites (N-methyl/N-ethyl adjacent to an activating group) is 1. The molecule has 0 saturated carbocycles. The van der Waals surface area contributed by atoms with E-state index in [2.05, 4.69) is 5.32 Å². The lowest BCUT2D eigenvalue weighted by Crippen LogP contribution is -2.44. The SMILES string of the molecule is CC(NC(=O)c1cc(N)cn1C)C(=O)N(C)C. The number of nitrogen functional groups attached to an aromatic ring is 1. The van der Waals surface area contributed by atoms with Crippen LogP contribution >= 0.6 is 0 Å². The number of nitrogens with one attached hydrogen (secondary N) is 1. The summed E-state index contributed by atoms with van der Waals surface area (Å²) in [6.45, 7) is 1.65. The van der Waals surface area contributed by atoms with Gasteiger partial charge in [0.2, 0.25) is 5.91 Å². The Kier molecular flexibility index (Phi) is 3.77. The molecule has 6 heteroatoms. The minimum atomic E-state index is -0.561. The normalized spacial score (nSPS) is 12.0. The number of aryl methyl sites for hydroxylation is 1. The fourth-order valence-corrected chi connectivity index (χ4v) is 1.54. The summed E-state index contributed by atoms with van der Waals surface area (Å²) in [5.74, 6) is -0.465. The number of amides is 2. The third kappa shape index (κ3) is 2.99. The average Bonchev–Trinajstić information content (AvgIpc) is 2.56. The van der Waals surface area contributed by atoms with E-state index in [0.717, 1.165) is 0 Å². The first-order chi connectivity index (χ1) is 7.82. The van der Waals surface area contributed by atoms with Crippen molar-refractivity contribution < 1.29 is 9.59 Å². The Bertz CT molecular complexity index is 437. The smallest absolute Gasteiger partial charge is 0.268 e. The van der Waals surface area contributed by atoms with Crippen LogP contribution in [0.4, 0.5) is 5.69 Å². The molecule has 0 aromatic carbocycles. The molecule has 6 nitrogen and oxygen atoms in total. The van der Waals surface area contributed by atoms with Crippen LogP contribution < -0.4 is 11.1 Å². The highest BCUT2D eigenvalue weighted by atomic mass is 16.2. The van der Waals surface area contributed by atoms with Gasteiger partial charge in [-0.25, -0.2) is 0 Å². The van der Waals surface area contributed by atoms with Crippen LogP contribution in [0, 0.1) is 0 Å². The summed E-state index contributed by atoms with van der Waals surface area (Å²) in [5.41, 5.74) is 6.53. The minimum Gasteiger partial charge on any atom is -0.397 e. The van der Waals surface area contributed by atoms with Crippen molar-refractivity contribution in [3.8, 4) is 0 Å². The van der Waals surface area contributed by atoms with Gasteiger partial charge in [-0.3, -0.25) is 9.59 Å². The summed E-state index contributed by atoms with van der Waals surface area (Å²) >= 11 is 0. The molecule has 1 rings (SSSR count). The quantitative estimate of drug-likeness (QED) is 0.766. The molecule has 1 unspecified atom stereocenters. The number of anilines is 1. The van der Waals surface area contributed by atoms with Crippen molar-refractivity contribution in [2.75, 3.05) is 19.8 Å². The van der Waals surface area contributed by atoms with Crippen LogP contribution in [0.3, 0.4) is 0 Å². The number of hydrogen-bond acceptors (Lipinski definition) is 3. The number of carbonyl (C=O) groups excluding carboxylic acids is 2. The molecular weight excluding hydrogens is 220 g/mol. The molecule has 0 fully saturated rings. The molecule has 0 aliphatic heterocycles. The average molecular weight is 238 g/mol. The lowest BCUT2D eigenvalue weighted by Gasteiger charge is -2.18. The predicted octanol–water partition coefficient (Wildman–Crippen LogP) is -0.186. The van der Waals surface area contributed by atoms with Crippen molar-refractivity contribution in [2.24, 2.45) is 7.05 Å². The van der Waals surface area contributed by atoms with E-state index >= 15 is 0 Å². The second kappa shape index (κ2) is 4.90. The maximum Gasteiger partial charge on any atom is 0.268 e. The number of aromatic nitrogens is 1. The Morgan fingerprint density at radius 2 is 2.06 bits per heavy atom. The van der Waals surface area contributed by atoms with Gasteiger partial charge in [0.15, 0.2) is 0 Å². The standard InChI is InChI=1S/C11H18N4O2/c1-7(11(17)14(2)3)13-10(16)9-5-8(12)6-15(9)4/h5-7H,12H2,1-4H3,(H,13,16). The van der Waals surface area contributed by atoms with Crippen molar-refractivity contribution in [2.45, 2.75) is 13.0 Å². The maximum absolute atomic E-state index is 11.9. The van der Waals surface area contributed by atoms with E-state index in [0.29, 0.717) is 11.4 Å². The molecule has 0 aliphatic rings. The van der Waals surface area contributed by atoms with Gasteiger partial charge in [-0.2, -0.15) is 0 Å². The lowest BCUT2D eigenvalue weighted by molar-refractivity contribution is -0.130. The number of carbonyl (C=O) groups is 2. The van der Waals surface area contributed by atoms with Gasteiger partial charge in [-0.15, -0.1) is 0 Å². The predicted molar refractivity (Wildman–Crippen MR) is 65.4 cm³/mol. The van der Waals surface area contributed by atoms with Crippen molar-refractivity contribution in [3.05, 3.63) is 18.0 Å². The first-order valence-electron chi connectivity index (χ1n) is 5.26. The topological polar surface area (TPSA) is 80.4 Å². The molecule has 1 atom stereocenters. The maximum atomic E-state index is 11.9. The van der Waals surface area contributed by atoms with Crippen molar-refractivity contribution in [1.82, 2.24) is 14.8 Å². The first kappa shape index (κ1) is 13.1. The summed E-state index contributed by atoms with van der Waals surface area (Å²) in [7, 11) is 5.01. The number of nitrogens with zero attached hydrogens (tertiary/aromatic N) is 2. The lowest BCUT2D eigenvalue weighted by atomic mass is 10.2. The van der Waals surface area contributed by atoms with Gasteiger partial charge in [0, 0.05) is 27.3 Å². The molecule has 1 aromatic rings. The Morgan fingerprint density at radius 3 is 2.47 bits per heavy atom. The van der Waals surface area contributed by atoms with Crippen LogP contribution in [-0.4, -0.2) is 41.4 Å². The van der Waals surface area contributed by atoms with Crippen LogP contribution in [0.25, 0.3) is 0 Å². The number of hydrogen-bond donors (Lipinski definition) is 2. The van der Waals surface area contributed by atoms with Crippen molar-refractivity contribution in [3.63, 3.8) is 0 Å². The van der Waals surface area contributed by atoms with Gasteiger partial charge in [-0.05, 0) is 13.0 Å². The zero-order valence-electron chi connectivity index (χ0n) is 10.5. The molecule has 17 heavy (non-hydrogen) atoms. The fourth-order valence-electron chi connectivity index (χ4n) is 1.54. The highest BCUT2D eigenvalue weighted by molar-refractivity contribution is 5.97. The van der Waals surface area contributed by atoms with E-state index in [4.69, 9.17) is 5.73 Å². The molecule has 0 aliphatic carbocycles. The van der Waals surface area contributed by atoms with Gasteiger partial charge in [0.05, 0.1) is 5.69 Å². The van der Waals surface area contributed by atoms with Crippen LogP contribution in [0.2, 0.25) is 0 Å². The molecule has 0 spiro atoms. The second-order valence-corrected chi connectivity index (χ2v) is 4.20. The Morgan fingerprint density at radius 1 is 1.47 bits per heavy atom. The number of rotatable bonds is 3. The summed E-state index contributed by atoms with van der Waals surface area (Å²) in [6, 6.07) is 1.01. The zero-order valence-corrected chi connectivity index (χ0v) is 10.5. The van der Waals surface area contributed by atoms with Crippen LogP contribution in [0.5, 0.6) is 0 Å². The fraction of sp³-hybridized carbons (Fsp3) is 0.455. The van der Waals surface area contributed by atoms with Crippen molar-refractivity contribution >= 4 is 17.5 Å². The molecule has 0 saturated heterocycles. The van der Waals surface area contributed by atoms with Gasteiger partial charge < -0.3 is 20.5 Å². The summed E-state index contributed by atoms with van der Waals surface area (Å²) in [5, 5.41) is 2.62. The van der Waals surface area contributed by atoms with E-state index in [1.807, 2.05) is 0 Å². The monoisotopic (exact) mass is 238 g/mol. The largest absolute Gasteiger partial charge is 0.397 e. The summed E-state index contributed by atoms with van der Waals surface area (Å²) in [4.78, 5) is 24.9. The minimum absolute atomic E-state index is 0.152. The molecule has 0 bridgehead atoms. The van der Waals surface area contributed by atoms with E-state index < -0.39 is 6.04 Å². The molecule has 1 aromatic heterocycles. The van der Waals surface area contributed by atoms with Crippen LogP contribution in [-0.2, 0) is 11.8 Å². The van der Waals surface area contributed by atoms with Crippen LogP contribution in [0.1, 0.15) is 17.4 Å².